The van der Waals surface area contributed by atoms with Crippen molar-refractivity contribution >= 4 is 11.9 Å². The quantitative estimate of drug-likeness (QED) is 0.576. The Morgan fingerprint density at radius 2 is 1.97 bits per heavy atom. The lowest BCUT2D eigenvalue weighted by atomic mass is 9.95. The first-order valence-corrected chi connectivity index (χ1v) is 11.0. The number of carbonyl (C=O) groups is 1. The molecular formula is C21H36N6O2. The fourth-order valence-corrected chi connectivity index (χ4v) is 4.00. The molecule has 0 spiro atoms. The third-order valence-corrected chi connectivity index (χ3v) is 5.54. The van der Waals surface area contributed by atoms with Gasteiger partial charge in [-0.1, -0.05) is 13.8 Å². The lowest BCUT2D eigenvalue weighted by molar-refractivity contribution is -0.140. The van der Waals surface area contributed by atoms with Crippen LogP contribution in [0.2, 0.25) is 0 Å². The van der Waals surface area contributed by atoms with E-state index < -0.39 is 0 Å². The molecular weight excluding hydrogens is 368 g/mol. The van der Waals surface area contributed by atoms with Crippen LogP contribution in [0.3, 0.4) is 0 Å². The predicted molar refractivity (Wildman–Crippen MR) is 114 cm³/mol. The van der Waals surface area contributed by atoms with Gasteiger partial charge in [-0.25, -0.2) is 9.98 Å². The van der Waals surface area contributed by atoms with Crippen molar-refractivity contribution in [1.29, 1.82) is 0 Å². The van der Waals surface area contributed by atoms with Crippen molar-refractivity contribution in [3.63, 3.8) is 0 Å². The summed E-state index contributed by atoms with van der Waals surface area (Å²) in [7, 11) is 0. The number of rotatable bonds is 6. The normalized spacial score (nSPS) is 19.1. The van der Waals surface area contributed by atoms with E-state index in [4.69, 9.17) is 9.73 Å². The third kappa shape index (κ3) is 5.95. The summed E-state index contributed by atoms with van der Waals surface area (Å²) in [5.41, 5.74) is 0. The second-order valence-corrected chi connectivity index (χ2v) is 8.26. The van der Waals surface area contributed by atoms with E-state index in [0.717, 1.165) is 63.9 Å². The second kappa shape index (κ2) is 10.6. The van der Waals surface area contributed by atoms with Crippen molar-refractivity contribution < 1.29 is 9.53 Å². The van der Waals surface area contributed by atoms with E-state index in [1.54, 1.807) is 0 Å². The summed E-state index contributed by atoms with van der Waals surface area (Å²) in [6.45, 7) is 13.3. The van der Waals surface area contributed by atoms with Crippen LogP contribution in [0.1, 0.15) is 39.4 Å². The number of carbonyl (C=O) groups excluding carboxylic acids is 1. The summed E-state index contributed by atoms with van der Waals surface area (Å²) in [6.07, 6.45) is 5.63. The Balaban J connectivity index is 1.57. The van der Waals surface area contributed by atoms with Gasteiger partial charge in [0.15, 0.2) is 5.96 Å². The van der Waals surface area contributed by atoms with Crippen molar-refractivity contribution in [1.82, 2.24) is 24.7 Å². The Morgan fingerprint density at radius 3 is 2.62 bits per heavy atom. The first kappa shape index (κ1) is 21.6. The van der Waals surface area contributed by atoms with E-state index in [1.165, 1.54) is 0 Å². The molecule has 0 aliphatic carbocycles. The lowest BCUT2D eigenvalue weighted by Gasteiger charge is -2.36. The molecule has 29 heavy (non-hydrogen) atoms. The number of aliphatic imine (C=N–C) groups is 1. The Morgan fingerprint density at radius 1 is 1.24 bits per heavy atom. The van der Waals surface area contributed by atoms with Crippen molar-refractivity contribution in [2.75, 3.05) is 45.9 Å². The number of guanidine groups is 1. The summed E-state index contributed by atoms with van der Waals surface area (Å²) in [4.78, 5) is 26.3. The number of hydrogen-bond acceptors (Lipinski definition) is 4. The maximum absolute atomic E-state index is 12.8. The van der Waals surface area contributed by atoms with Gasteiger partial charge in [-0.15, -0.1) is 0 Å². The molecule has 3 rings (SSSR count). The van der Waals surface area contributed by atoms with E-state index in [2.05, 4.69) is 40.5 Å². The van der Waals surface area contributed by atoms with E-state index in [0.29, 0.717) is 31.6 Å². The minimum atomic E-state index is 0.122. The highest BCUT2D eigenvalue weighted by Gasteiger charge is 2.30. The van der Waals surface area contributed by atoms with E-state index in [-0.39, 0.29) is 5.92 Å². The third-order valence-electron chi connectivity index (χ3n) is 5.54. The number of hydrogen-bond donors (Lipinski definition) is 1. The zero-order chi connectivity index (χ0) is 20.6. The first-order chi connectivity index (χ1) is 14.1. The Kier molecular flexibility index (Phi) is 7.91. The molecule has 2 fully saturated rings. The highest BCUT2D eigenvalue weighted by Crippen LogP contribution is 2.20. The number of morpholine rings is 1. The van der Waals surface area contributed by atoms with Crippen molar-refractivity contribution in [3.8, 4) is 0 Å². The van der Waals surface area contributed by atoms with Crippen LogP contribution >= 0.6 is 0 Å². The Bertz CT molecular complexity index is 672. The summed E-state index contributed by atoms with van der Waals surface area (Å²) in [5.74, 6) is 2.90. The standard InChI is InChI=1S/C21H36N6O2/c1-4-22-21(24-15-19-23-7-10-27(19)16-17(2)3)26-8-5-18(6-9-26)20(28)25-11-13-29-14-12-25/h7,10,17-18H,4-6,8-9,11-16H2,1-3H3,(H,22,24). The van der Waals surface area contributed by atoms with Crippen LogP contribution in [-0.4, -0.2) is 77.2 Å². The molecule has 2 aliphatic heterocycles. The van der Waals surface area contributed by atoms with E-state index in [9.17, 15) is 4.79 Å². The van der Waals surface area contributed by atoms with Gasteiger partial charge in [-0.2, -0.15) is 0 Å². The SMILES string of the molecule is CCNC(=NCc1nccn1CC(C)C)N1CCC(C(=O)N2CCOCC2)CC1. The highest BCUT2D eigenvalue weighted by atomic mass is 16.5. The maximum atomic E-state index is 12.8. The smallest absolute Gasteiger partial charge is 0.225 e. The van der Waals surface area contributed by atoms with Gasteiger partial charge in [0.2, 0.25) is 5.91 Å². The molecule has 0 bridgehead atoms. The Hall–Kier alpha value is -2.09. The highest BCUT2D eigenvalue weighted by molar-refractivity contribution is 5.81. The Labute approximate surface area is 174 Å². The van der Waals surface area contributed by atoms with Crippen molar-refractivity contribution in [3.05, 3.63) is 18.2 Å². The zero-order valence-electron chi connectivity index (χ0n) is 18.1. The second-order valence-electron chi connectivity index (χ2n) is 8.26. The van der Waals surface area contributed by atoms with Gasteiger partial charge in [0, 0.05) is 57.6 Å². The topological polar surface area (TPSA) is 75.0 Å². The summed E-state index contributed by atoms with van der Waals surface area (Å²) >= 11 is 0. The number of imidazole rings is 1. The van der Waals surface area contributed by atoms with Crippen LogP contribution in [0.25, 0.3) is 0 Å². The molecule has 0 unspecified atom stereocenters. The number of nitrogens with zero attached hydrogens (tertiary/aromatic N) is 5. The van der Waals surface area contributed by atoms with Crippen molar-refractivity contribution in [2.45, 2.75) is 46.7 Å². The monoisotopic (exact) mass is 404 g/mol. The fourth-order valence-electron chi connectivity index (χ4n) is 4.00. The molecule has 1 amide bonds. The van der Waals surface area contributed by atoms with Gasteiger partial charge in [0.25, 0.3) is 0 Å². The van der Waals surface area contributed by atoms with Gasteiger partial charge in [-0.05, 0) is 25.7 Å². The van der Waals surface area contributed by atoms with Gasteiger partial charge in [0.05, 0.1) is 13.2 Å². The van der Waals surface area contributed by atoms with Gasteiger partial charge in [0.1, 0.15) is 12.4 Å². The molecule has 3 heterocycles. The number of aromatic nitrogens is 2. The van der Waals surface area contributed by atoms with Crippen molar-refractivity contribution in [2.24, 2.45) is 16.8 Å². The first-order valence-electron chi connectivity index (χ1n) is 11.0. The number of amides is 1. The van der Waals surface area contributed by atoms with Gasteiger partial charge < -0.3 is 24.4 Å². The number of ether oxygens (including phenoxy) is 1. The summed E-state index contributed by atoms with van der Waals surface area (Å²) in [5, 5.41) is 3.41. The molecule has 0 atom stereocenters. The molecule has 0 radical (unpaired) electrons. The molecule has 0 saturated carbocycles. The van der Waals surface area contributed by atoms with Crippen LogP contribution < -0.4 is 5.32 Å². The fraction of sp³-hybridized carbons (Fsp3) is 0.762. The number of likely N-dealkylation sites (tertiary alicyclic amines) is 1. The van der Waals surface area contributed by atoms with Crippen LogP contribution in [0, 0.1) is 11.8 Å². The molecule has 0 aromatic carbocycles. The predicted octanol–water partition coefficient (Wildman–Crippen LogP) is 1.58. The van der Waals surface area contributed by atoms with Gasteiger partial charge in [-0.3, -0.25) is 4.79 Å². The zero-order valence-corrected chi connectivity index (χ0v) is 18.1. The molecule has 1 aromatic rings. The minimum Gasteiger partial charge on any atom is -0.378 e. The molecule has 162 valence electrons. The minimum absolute atomic E-state index is 0.122. The van der Waals surface area contributed by atoms with Crippen LogP contribution in [0.15, 0.2) is 17.4 Å². The molecule has 8 nitrogen and oxygen atoms in total. The van der Waals surface area contributed by atoms with E-state index >= 15 is 0 Å². The lowest BCUT2D eigenvalue weighted by Crippen LogP contribution is -2.50. The molecule has 1 aromatic heterocycles. The maximum Gasteiger partial charge on any atom is 0.225 e. The number of nitrogens with one attached hydrogen (secondary N) is 1. The number of piperidine rings is 1. The van der Waals surface area contributed by atoms with Crippen LogP contribution in [0.5, 0.6) is 0 Å². The molecule has 8 heteroatoms. The van der Waals surface area contributed by atoms with E-state index in [1.807, 2.05) is 17.3 Å². The summed E-state index contributed by atoms with van der Waals surface area (Å²) < 4.78 is 7.55. The average Bonchev–Trinajstić information content (AvgIpc) is 3.17. The molecule has 1 N–H and O–H groups in total. The largest absolute Gasteiger partial charge is 0.378 e. The summed E-state index contributed by atoms with van der Waals surface area (Å²) in [6, 6.07) is 0. The average molecular weight is 405 g/mol. The molecule has 2 aliphatic rings. The van der Waals surface area contributed by atoms with Crippen LogP contribution in [0.4, 0.5) is 0 Å². The van der Waals surface area contributed by atoms with Gasteiger partial charge >= 0.3 is 0 Å². The molecule has 2 saturated heterocycles. The van der Waals surface area contributed by atoms with Crippen LogP contribution in [-0.2, 0) is 22.6 Å².